The third kappa shape index (κ3) is 2.57. The fourth-order valence-corrected chi connectivity index (χ4v) is 3.93. The van der Waals surface area contributed by atoms with Crippen LogP contribution in [0.1, 0.15) is 10.4 Å². The number of carbonyl (C=O) groups is 1. The van der Waals surface area contributed by atoms with Crippen molar-refractivity contribution in [1.29, 1.82) is 0 Å². The lowest BCUT2D eigenvalue weighted by Gasteiger charge is -2.05. The Morgan fingerprint density at radius 2 is 1.96 bits per heavy atom. The molecule has 5 rings (SSSR count). The van der Waals surface area contributed by atoms with Crippen LogP contribution in [0, 0.1) is 0 Å². The molecule has 0 aliphatic carbocycles. The second-order valence-corrected chi connectivity index (χ2v) is 7.01. The molecular formula is C20H14N4OS. The second-order valence-electron chi connectivity index (χ2n) is 6.00. The highest BCUT2D eigenvalue weighted by atomic mass is 32.1. The number of nitrogens with zero attached hydrogens (tertiary/aromatic N) is 2. The van der Waals surface area contributed by atoms with Gasteiger partial charge in [-0.3, -0.25) is 4.79 Å². The molecule has 5 aromatic rings. The smallest absolute Gasteiger partial charge is 0.255 e. The van der Waals surface area contributed by atoms with Crippen molar-refractivity contribution in [3.05, 3.63) is 78.8 Å². The van der Waals surface area contributed by atoms with Crippen molar-refractivity contribution in [1.82, 2.24) is 14.5 Å². The van der Waals surface area contributed by atoms with Gasteiger partial charge in [-0.2, -0.15) is 0 Å². The van der Waals surface area contributed by atoms with Gasteiger partial charge in [0.25, 0.3) is 5.91 Å². The molecule has 0 saturated heterocycles. The van der Waals surface area contributed by atoms with Gasteiger partial charge in [-0.15, -0.1) is 0 Å². The van der Waals surface area contributed by atoms with Crippen molar-refractivity contribution in [3.63, 3.8) is 0 Å². The van der Waals surface area contributed by atoms with Crippen molar-refractivity contribution in [2.75, 3.05) is 5.32 Å². The molecule has 2 N–H and O–H groups in total. The highest BCUT2D eigenvalue weighted by Gasteiger charge is 2.11. The van der Waals surface area contributed by atoms with Gasteiger partial charge in [0, 0.05) is 40.7 Å². The van der Waals surface area contributed by atoms with E-state index in [1.165, 1.54) is 0 Å². The number of H-pyrrole nitrogens is 1. The van der Waals surface area contributed by atoms with Crippen LogP contribution in [0.4, 0.5) is 5.69 Å². The summed E-state index contributed by atoms with van der Waals surface area (Å²) < 4.78 is 2.96. The standard InChI is InChI=1S/C20H14N4OS/c25-19(22-15-4-6-16-13(11-15)7-8-21-16)14-3-5-17-18(12-14)26-20(23-17)24-9-1-2-10-24/h1-12,21H,(H,22,25). The predicted molar refractivity (Wildman–Crippen MR) is 105 cm³/mol. The molecule has 26 heavy (non-hydrogen) atoms. The summed E-state index contributed by atoms with van der Waals surface area (Å²) in [5.74, 6) is -0.127. The third-order valence-corrected chi connectivity index (χ3v) is 5.31. The molecule has 1 amide bonds. The van der Waals surface area contributed by atoms with Crippen LogP contribution in [0.15, 0.2) is 73.2 Å². The topological polar surface area (TPSA) is 62.7 Å². The first-order valence-corrected chi connectivity index (χ1v) is 9.00. The number of fused-ring (bicyclic) bond motifs is 2. The average molecular weight is 358 g/mol. The summed E-state index contributed by atoms with van der Waals surface area (Å²) >= 11 is 1.56. The van der Waals surface area contributed by atoms with Gasteiger partial charge in [0.1, 0.15) is 0 Å². The molecule has 3 heterocycles. The SMILES string of the molecule is O=C(Nc1ccc2[nH]ccc2c1)c1ccc2nc(-n3cccc3)sc2c1. The Balaban J connectivity index is 1.44. The number of anilines is 1. The first kappa shape index (κ1) is 14.9. The molecule has 5 nitrogen and oxygen atoms in total. The van der Waals surface area contributed by atoms with Crippen molar-refractivity contribution in [3.8, 4) is 5.13 Å². The van der Waals surface area contributed by atoms with E-state index in [-0.39, 0.29) is 5.91 Å². The van der Waals surface area contributed by atoms with Gasteiger partial charge < -0.3 is 14.9 Å². The first-order valence-electron chi connectivity index (χ1n) is 8.19. The maximum Gasteiger partial charge on any atom is 0.255 e. The summed E-state index contributed by atoms with van der Waals surface area (Å²) in [5, 5.41) is 4.92. The molecular weight excluding hydrogens is 344 g/mol. The Bertz CT molecular complexity index is 1230. The Morgan fingerprint density at radius 1 is 1.08 bits per heavy atom. The lowest BCUT2D eigenvalue weighted by molar-refractivity contribution is 0.102. The van der Waals surface area contributed by atoms with Gasteiger partial charge in [0.2, 0.25) is 0 Å². The molecule has 0 aliphatic heterocycles. The summed E-state index contributed by atoms with van der Waals surface area (Å²) in [6.45, 7) is 0. The molecule has 3 aromatic heterocycles. The Labute approximate surface area is 152 Å². The van der Waals surface area contributed by atoms with Crippen LogP contribution in [0.25, 0.3) is 26.3 Å². The zero-order chi connectivity index (χ0) is 17.5. The van der Waals surface area contributed by atoms with E-state index < -0.39 is 0 Å². The minimum Gasteiger partial charge on any atom is -0.361 e. The van der Waals surface area contributed by atoms with Crippen LogP contribution >= 0.6 is 11.3 Å². The van der Waals surface area contributed by atoms with Crippen molar-refractivity contribution in [2.45, 2.75) is 0 Å². The second kappa shape index (κ2) is 5.86. The fourth-order valence-electron chi connectivity index (χ4n) is 2.96. The molecule has 0 spiro atoms. The highest BCUT2D eigenvalue weighted by Crippen LogP contribution is 2.26. The van der Waals surface area contributed by atoms with Gasteiger partial charge in [-0.25, -0.2) is 4.98 Å². The van der Waals surface area contributed by atoms with Crippen LogP contribution in [-0.2, 0) is 0 Å². The molecule has 0 saturated carbocycles. The summed E-state index contributed by atoms with van der Waals surface area (Å²) in [7, 11) is 0. The lowest BCUT2D eigenvalue weighted by atomic mass is 10.2. The summed E-state index contributed by atoms with van der Waals surface area (Å²) in [4.78, 5) is 20.4. The molecule has 0 atom stereocenters. The van der Waals surface area contributed by atoms with Gasteiger partial charge in [0.05, 0.1) is 10.2 Å². The molecule has 0 unspecified atom stereocenters. The minimum atomic E-state index is -0.127. The van der Waals surface area contributed by atoms with E-state index >= 15 is 0 Å². The Hall–Kier alpha value is -3.38. The fraction of sp³-hybridized carbons (Fsp3) is 0. The number of amides is 1. The highest BCUT2D eigenvalue weighted by molar-refractivity contribution is 7.20. The number of benzene rings is 2. The molecule has 126 valence electrons. The van der Waals surface area contributed by atoms with E-state index in [1.807, 2.05) is 77.8 Å². The van der Waals surface area contributed by atoms with Crippen molar-refractivity contribution >= 4 is 44.1 Å². The van der Waals surface area contributed by atoms with Crippen LogP contribution in [-0.4, -0.2) is 20.4 Å². The quantitative estimate of drug-likeness (QED) is 0.486. The minimum absolute atomic E-state index is 0.127. The molecule has 0 bridgehead atoms. The zero-order valence-electron chi connectivity index (χ0n) is 13.6. The lowest BCUT2D eigenvalue weighted by Crippen LogP contribution is -2.11. The number of hydrogen-bond acceptors (Lipinski definition) is 3. The van der Waals surface area contributed by atoms with Crippen molar-refractivity contribution < 1.29 is 4.79 Å². The van der Waals surface area contributed by atoms with E-state index in [9.17, 15) is 4.79 Å². The van der Waals surface area contributed by atoms with Gasteiger partial charge in [-0.05, 0) is 54.6 Å². The third-order valence-electron chi connectivity index (χ3n) is 4.28. The van der Waals surface area contributed by atoms with Gasteiger partial charge >= 0.3 is 0 Å². The monoisotopic (exact) mass is 358 g/mol. The Kier molecular flexibility index (Phi) is 3.36. The average Bonchev–Trinajstić information content (AvgIpc) is 3.39. The van der Waals surface area contributed by atoms with E-state index in [0.717, 1.165) is 31.9 Å². The Morgan fingerprint density at radius 3 is 2.85 bits per heavy atom. The van der Waals surface area contributed by atoms with E-state index in [0.29, 0.717) is 5.56 Å². The number of aromatic amines is 1. The molecule has 0 aliphatic rings. The van der Waals surface area contributed by atoms with Crippen LogP contribution in [0.2, 0.25) is 0 Å². The van der Waals surface area contributed by atoms with Gasteiger partial charge in [-0.1, -0.05) is 11.3 Å². The number of carbonyl (C=O) groups excluding carboxylic acids is 1. The predicted octanol–water partition coefficient (Wildman–Crippen LogP) is 4.82. The maximum atomic E-state index is 12.6. The van der Waals surface area contributed by atoms with E-state index in [4.69, 9.17) is 0 Å². The van der Waals surface area contributed by atoms with E-state index in [2.05, 4.69) is 15.3 Å². The number of aromatic nitrogens is 3. The van der Waals surface area contributed by atoms with Crippen molar-refractivity contribution in [2.24, 2.45) is 0 Å². The van der Waals surface area contributed by atoms with E-state index in [1.54, 1.807) is 11.3 Å². The molecule has 2 aromatic carbocycles. The summed E-state index contributed by atoms with van der Waals surface area (Å²) in [6, 6.07) is 17.3. The number of thiazole rings is 1. The molecule has 6 heteroatoms. The maximum absolute atomic E-state index is 12.6. The van der Waals surface area contributed by atoms with Crippen LogP contribution in [0.3, 0.4) is 0 Å². The first-order chi connectivity index (χ1) is 12.8. The van der Waals surface area contributed by atoms with Crippen LogP contribution < -0.4 is 5.32 Å². The molecule has 0 fully saturated rings. The number of hydrogen-bond donors (Lipinski definition) is 2. The van der Waals surface area contributed by atoms with Gasteiger partial charge in [0.15, 0.2) is 5.13 Å². The van der Waals surface area contributed by atoms with Crippen LogP contribution in [0.5, 0.6) is 0 Å². The largest absolute Gasteiger partial charge is 0.361 e. The number of rotatable bonds is 3. The zero-order valence-corrected chi connectivity index (χ0v) is 14.5. The summed E-state index contributed by atoms with van der Waals surface area (Å²) in [6.07, 6.45) is 5.81. The summed E-state index contributed by atoms with van der Waals surface area (Å²) in [5.41, 5.74) is 3.34. The molecule has 0 radical (unpaired) electrons. The number of nitrogens with one attached hydrogen (secondary N) is 2. The normalized spacial score (nSPS) is 11.2.